The number of hydrogen-bond donors (Lipinski definition) is 1. The van der Waals surface area contributed by atoms with Crippen LogP contribution in [0.3, 0.4) is 0 Å². The fourth-order valence-electron chi connectivity index (χ4n) is 2.83. The highest BCUT2D eigenvalue weighted by molar-refractivity contribution is 5.86. The van der Waals surface area contributed by atoms with Gasteiger partial charge in [-0.15, -0.1) is 12.4 Å². The number of nitrogens with two attached hydrogens (primary N) is 1. The van der Waals surface area contributed by atoms with E-state index in [0.29, 0.717) is 6.10 Å². The maximum Gasteiger partial charge on any atom is 0.242 e. The average Bonchev–Trinajstić information content (AvgIpc) is 2.77. The zero-order chi connectivity index (χ0) is 11.6. The second-order valence-electron chi connectivity index (χ2n) is 5.09. The first-order chi connectivity index (χ1) is 7.65. The van der Waals surface area contributed by atoms with E-state index in [1.54, 1.807) is 7.11 Å². The molecule has 1 aliphatic heterocycles. The summed E-state index contributed by atoms with van der Waals surface area (Å²) in [5.74, 6) is 0.166. The molecule has 17 heavy (non-hydrogen) atoms. The van der Waals surface area contributed by atoms with E-state index in [4.69, 9.17) is 10.5 Å². The number of hydrogen-bond acceptors (Lipinski definition) is 3. The van der Waals surface area contributed by atoms with Crippen molar-refractivity contribution in [3.8, 4) is 0 Å². The van der Waals surface area contributed by atoms with Crippen molar-refractivity contribution in [2.75, 3.05) is 20.2 Å². The lowest BCUT2D eigenvalue weighted by Crippen LogP contribution is -2.55. The third kappa shape index (κ3) is 3.12. The van der Waals surface area contributed by atoms with Crippen molar-refractivity contribution in [2.24, 2.45) is 5.73 Å². The Balaban J connectivity index is 0.00000144. The van der Waals surface area contributed by atoms with E-state index >= 15 is 0 Å². The molecule has 5 heteroatoms. The van der Waals surface area contributed by atoms with Gasteiger partial charge < -0.3 is 15.4 Å². The van der Waals surface area contributed by atoms with E-state index in [1.165, 1.54) is 0 Å². The molecule has 2 fully saturated rings. The van der Waals surface area contributed by atoms with Crippen LogP contribution >= 0.6 is 12.4 Å². The number of carbonyl (C=O) groups excluding carboxylic acids is 1. The van der Waals surface area contributed by atoms with Gasteiger partial charge >= 0.3 is 0 Å². The third-order valence-corrected chi connectivity index (χ3v) is 3.98. The second kappa shape index (κ2) is 6.03. The number of halogens is 1. The highest BCUT2D eigenvalue weighted by Crippen LogP contribution is 2.30. The van der Waals surface area contributed by atoms with Crippen LogP contribution in [0.25, 0.3) is 0 Å². The van der Waals surface area contributed by atoms with Crippen LogP contribution in [0.1, 0.15) is 38.5 Å². The van der Waals surface area contributed by atoms with E-state index in [1.807, 2.05) is 4.90 Å². The van der Waals surface area contributed by atoms with Crippen molar-refractivity contribution < 1.29 is 9.53 Å². The summed E-state index contributed by atoms with van der Waals surface area (Å²) in [6, 6.07) is 0. The Morgan fingerprint density at radius 3 is 2.29 bits per heavy atom. The van der Waals surface area contributed by atoms with Gasteiger partial charge in [0.25, 0.3) is 0 Å². The van der Waals surface area contributed by atoms with Crippen molar-refractivity contribution >= 4 is 18.3 Å². The molecule has 2 N–H and O–H groups in total. The number of methoxy groups -OCH3 is 1. The molecule has 0 spiro atoms. The molecule has 2 aliphatic rings. The molecular formula is C12H23ClN2O2. The number of likely N-dealkylation sites (tertiary alicyclic amines) is 1. The summed E-state index contributed by atoms with van der Waals surface area (Å²) < 4.78 is 5.30. The summed E-state index contributed by atoms with van der Waals surface area (Å²) in [5.41, 5.74) is 5.62. The Labute approximate surface area is 109 Å². The molecule has 0 radical (unpaired) electrons. The molecule has 0 aromatic heterocycles. The first-order valence-corrected chi connectivity index (χ1v) is 6.27. The van der Waals surface area contributed by atoms with Gasteiger partial charge in [0.2, 0.25) is 5.91 Å². The maximum absolute atomic E-state index is 12.3. The summed E-state index contributed by atoms with van der Waals surface area (Å²) in [6.45, 7) is 1.60. The highest BCUT2D eigenvalue weighted by Gasteiger charge is 2.40. The van der Waals surface area contributed by atoms with Crippen molar-refractivity contribution in [3.05, 3.63) is 0 Å². The van der Waals surface area contributed by atoms with Crippen molar-refractivity contribution in [2.45, 2.75) is 50.2 Å². The Bertz CT molecular complexity index is 259. The Morgan fingerprint density at radius 1 is 1.29 bits per heavy atom. The van der Waals surface area contributed by atoms with Gasteiger partial charge in [0, 0.05) is 20.2 Å². The molecule has 1 saturated carbocycles. The van der Waals surface area contributed by atoms with Gasteiger partial charge in [-0.1, -0.05) is 12.8 Å². The normalized spacial score (nSPS) is 24.5. The molecule has 4 nitrogen and oxygen atoms in total. The minimum atomic E-state index is -0.556. The van der Waals surface area contributed by atoms with Crippen molar-refractivity contribution in [3.63, 3.8) is 0 Å². The van der Waals surface area contributed by atoms with Crippen LogP contribution in [0.5, 0.6) is 0 Å². The molecule has 2 rings (SSSR count). The molecule has 1 heterocycles. The monoisotopic (exact) mass is 262 g/mol. The first-order valence-electron chi connectivity index (χ1n) is 6.27. The predicted molar refractivity (Wildman–Crippen MR) is 69.2 cm³/mol. The van der Waals surface area contributed by atoms with Crippen LogP contribution in [-0.2, 0) is 9.53 Å². The Hall–Kier alpha value is -0.320. The Morgan fingerprint density at radius 2 is 1.82 bits per heavy atom. The van der Waals surface area contributed by atoms with Gasteiger partial charge in [-0.2, -0.15) is 0 Å². The summed E-state index contributed by atoms with van der Waals surface area (Å²) in [6.07, 6.45) is 6.11. The first kappa shape index (κ1) is 14.7. The van der Waals surface area contributed by atoms with Gasteiger partial charge in [0.15, 0.2) is 0 Å². The third-order valence-electron chi connectivity index (χ3n) is 3.98. The lowest BCUT2D eigenvalue weighted by molar-refractivity contribution is -0.139. The standard InChI is InChI=1S/C12H22N2O2.ClH/c1-16-10-4-8-14(9-5-10)11(15)12(13)6-2-3-7-12;/h10H,2-9,13H2,1H3;1H. The van der Waals surface area contributed by atoms with Gasteiger partial charge in [0.1, 0.15) is 0 Å². The average molecular weight is 263 g/mol. The van der Waals surface area contributed by atoms with Crippen molar-refractivity contribution in [1.29, 1.82) is 0 Å². The number of rotatable bonds is 2. The van der Waals surface area contributed by atoms with E-state index in [2.05, 4.69) is 0 Å². The van der Waals surface area contributed by atoms with Crippen LogP contribution in [0.15, 0.2) is 0 Å². The van der Waals surface area contributed by atoms with Crippen LogP contribution in [-0.4, -0.2) is 42.6 Å². The molecule has 0 aromatic rings. The molecule has 1 saturated heterocycles. The summed E-state index contributed by atoms with van der Waals surface area (Å²) in [4.78, 5) is 14.2. The van der Waals surface area contributed by atoms with E-state index in [0.717, 1.165) is 51.6 Å². The minimum Gasteiger partial charge on any atom is -0.381 e. The molecular weight excluding hydrogens is 240 g/mol. The quantitative estimate of drug-likeness (QED) is 0.817. The Kier molecular flexibility index (Phi) is 5.22. The second-order valence-corrected chi connectivity index (χ2v) is 5.09. The molecule has 0 unspecified atom stereocenters. The van der Waals surface area contributed by atoms with Gasteiger partial charge in [0.05, 0.1) is 11.6 Å². The largest absolute Gasteiger partial charge is 0.381 e. The SMILES string of the molecule is COC1CCN(C(=O)C2(N)CCCC2)CC1.Cl. The van der Waals surface area contributed by atoms with E-state index in [9.17, 15) is 4.79 Å². The van der Waals surface area contributed by atoms with Crippen LogP contribution in [0.4, 0.5) is 0 Å². The fraction of sp³-hybridized carbons (Fsp3) is 0.917. The van der Waals surface area contributed by atoms with Crippen molar-refractivity contribution in [1.82, 2.24) is 4.90 Å². The van der Waals surface area contributed by atoms with Gasteiger partial charge in [-0.3, -0.25) is 4.79 Å². The molecule has 0 bridgehead atoms. The summed E-state index contributed by atoms with van der Waals surface area (Å²) in [5, 5.41) is 0. The van der Waals surface area contributed by atoms with Crippen LogP contribution in [0.2, 0.25) is 0 Å². The lowest BCUT2D eigenvalue weighted by Gasteiger charge is -2.36. The minimum absolute atomic E-state index is 0. The maximum atomic E-state index is 12.3. The number of piperidine rings is 1. The zero-order valence-corrected chi connectivity index (χ0v) is 11.3. The molecule has 0 atom stereocenters. The smallest absolute Gasteiger partial charge is 0.242 e. The van der Waals surface area contributed by atoms with E-state index in [-0.39, 0.29) is 18.3 Å². The highest BCUT2D eigenvalue weighted by atomic mass is 35.5. The predicted octanol–water partition coefficient (Wildman–Crippen LogP) is 1.32. The van der Waals surface area contributed by atoms with E-state index < -0.39 is 5.54 Å². The number of carbonyl (C=O) groups is 1. The van der Waals surface area contributed by atoms with Crippen LogP contribution < -0.4 is 5.73 Å². The topological polar surface area (TPSA) is 55.6 Å². The number of nitrogens with zero attached hydrogens (tertiary/aromatic N) is 1. The number of ether oxygens (including phenoxy) is 1. The molecule has 1 aliphatic carbocycles. The van der Waals surface area contributed by atoms with Crippen LogP contribution in [0, 0.1) is 0 Å². The van der Waals surface area contributed by atoms with Gasteiger partial charge in [-0.05, 0) is 25.7 Å². The summed E-state index contributed by atoms with van der Waals surface area (Å²) >= 11 is 0. The van der Waals surface area contributed by atoms with Gasteiger partial charge in [-0.25, -0.2) is 0 Å². The fourth-order valence-corrected chi connectivity index (χ4v) is 2.83. The molecule has 1 amide bonds. The zero-order valence-electron chi connectivity index (χ0n) is 10.5. The lowest BCUT2D eigenvalue weighted by atomic mass is 9.95. The number of amides is 1. The summed E-state index contributed by atoms with van der Waals surface area (Å²) in [7, 11) is 1.74. The molecule has 0 aromatic carbocycles. The molecule has 100 valence electrons.